The number of benzene rings is 2. The maximum Gasteiger partial charge on any atom is 0.416 e. The molecule has 1 aliphatic carbocycles. The maximum atomic E-state index is 13.3. The topological polar surface area (TPSA) is 137 Å². The smallest absolute Gasteiger partial charge is 0.416 e. The Balaban J connectivity index is 1.34. The predicted octanol–water partition coefficient (Wildman–Crippen LogP) is 3.24. The third-order valence-electron chi connectivity index (χ3n) is 7.10. The molecule has 1 saturated carbocycles. The number of hydrogen-bond acceptors (Lipinski definition) is 6. The molecule has 200 valence electrons. The molecule has 37 heavy (non-hydrogen) atoms. The van der Waals surface area contributed by atoms with Crippen molar-refractivity contribution < 1.29 is 22.7 Å². The summed E-state index contributed by atoms with van der Waals surface area (Å²) in [6.45, 7) is 2.97. The van der Waals surface area contributed by atoms with E-state index >= 15 is 0 Å². The number of sulfonamides is 1. The fraction of sp³-hybridized carbons (Fsp3) is 0.480. The van der Waals surface area contributed by atoms with Crippen LogP contribution in [0.5, 0.6) is 0 Å². The zero-order valence-electron chi connectivity index (χ0n) is 20.7. The van der Waals surface area contributed by atoms with E-state index in [0.29, 0.717) is 43.8 Å². The minimum atomic E-state index is -3.69. The van der Waals surface area contributed by atoms with Crippen molar-refractivity contribution in [2.75, 3.05) is 32.8 Å². The highest BCUT2D eigenvalue weighted by molar-refractivity contribution is 7.89. The molecule has 0 atom stereocenters. The van der Waals surface area contributed by atoms with Crippen LogP contribution in [-0.2, 0) is 19.6 Å². The number of piperazine rings is 1. The van der Waals surface area contributed by atoms with Gasteiger partial charge in [0.05, 0.1) is 11.5 Å². The quantitative estimate of drug-likeness (QED) is 0.434. The number of ether oxygens (including phenoxy) is 1. The van der Waals surface area contributed by atoms with E-state index < -0.39 is 16.1 Å². The van der Waals surface area contributed by atoms with Gasteiger partial charge in [-0.2, -0.15) is 4.31 Å². The molecule has 0 radical (unpaired) electrons. The molecule has 1 saturated heterocycles. The second-order valence-electron chi connectivity index (χ2n) is 9.34. The van der Waals surface area contributed by atoms with E-state index in [2.05, 4.69) is 0 Å². The number of rotatable bonds is 5. The number of halogens is 1. The van der Waals surface area contributed by atoms with E-state index in [4.69, 9.17) is 27.5 Å². The van der Waals surface area contributed by atoms with Crippen molar-refractivity contribution in [3.8, 4) is 0 Å². The van der Waals surface area contributed by atoms with E-state index in [1.165, 1.54) is 4.31 Å². The second kappa shape index (κ2) is 11.2. The SMILES string of the molecule is CCOC(=O)N(C(=N)N)C1CCC(C(=O)N2CCN(S(=O)(=O)c3ccc4cc(Cl)ccc4c3)CC2)CC1. The molecule has 0 bridgehead atoms. The molecule has 12 heteroatoms. The lowest BCUT2D eigenvalue weighted by Gasteiger charge is -2.38. The average molecular weight is 550 g/mol. The van der Waals surface area contributed by atoms with Gasteiger partial charge in [-0.3, -0.25) is 10.2 Å². The first kappa shape index (κ1) is 27.2. The summed E-state index contributed by atoms with van der Waals surface area (Å²) in [6.07, 6.45) is 1.56. The van der Waals surface area contributed by atoms with Crippen LogP contribution in [0, 0.1) is 11.3 Å². The van der Waals surface area contributed by atoms with Crippen LogP contribution in [0.1, 0.15) is 32.6 Å². The lowest BCUT2D eigenvalue weighted by molar-refractivity contribution is -0.138. The van der Waals surface area contributed by atoms with Gasteiger partial charge in [0.25, 0.3) is 0 Å². The van der Waals surface area contributed by atoms with Crippen LogP contribution in [0.4, 0.5) is 4.79 Å². The number of guanidine groups is 1. The molecule has 0 spiro atoms. The zero-order valence-corrected chi connectivity index (χ0v) is 22.3. The molecular weight excluding hydrogens is 518 g/mol. The van der Waals surface area contributed by atoms with Crippen molar-refractivity contribution in [2.24, 2.45) is 11.7 Å². The summed E-state index contributed by atoms with van der Waals surface area (Å²) in [4.78, 5) is 28.5. The summed E-state index contributed by atoms with van der Waals surface area (Å²) in [5.41, 5.74) is 5.61. The first-order chi connectivity index (χ1) is 17.6. The molecule has 2 aromatic carbocycles. The molecule has 1 aliphatic heterocycles. The third-order valence-corrected chi connectivity index (χ3v) is 9.23. The molecule has 10 nitrogen and oxygen atoms in total. The van der Waals surface area contributed by atoms with Crippen LogP contribution < -0.4 is 5.73 Å². The van der Waals surface area contributed by atoms with E-state index in [1.54, 1.807) is 48.2 Å². The highest BCUT2D eigenvalue weighted by atomic mass is 35.5. The summed E-state index contributed by atoms with van der Waals surface area (Å²) in [6, 6.07) is 10.0. The monoisotopic (exact) mass is 549 g/mol. The standard InChI is InChI=1S/C25H32ClN5O5S/c1-2-36-25(33)31(24(27)28)21-8-4-17(5-9-21)23(32)29-11-13-30(14-12-29)37(34,35)22-10-6-18-15-20(26)7-3-19(18)16-22/h3,6-7,10,15-17,21H,2,4-5,8-9,11-14H2,1H3,(H3,27,28). The molecule has 3 N–H and O–H groups in total. The van der Waals surface area contributed by atoms with Crippen LogP contribution in [0.15, 0.2) is 41.3 Å². The Hall–Kier alpha value is -2.89. The molecule has 2 fully saturated rings. The van der Waals surface area contributed by atoms with Crippen LogP contribution >= 0.6 is 11.6 Å². The number of amides is 2. The predicted molar refractivity (Wildman–Crippen MR) is 141 cm³/mol. The Labute approximate surface area is 221 Å². The number of carbonyl (C=O) groups excluding carboxylic acids is 2. The lowest BCUT2D eigenvalue weighted by atomic mass is 9.84. The van der Waals surface area contributed by atoms with E-state index in [9.17, 15) is 18.0 Å². The van der Waals surface area contributed by atoms with Gasteiger partial charge < -0.3 is 15.4 Å². The summed E-state index contributed by atoms with van der Waals surface area (Å²) >= 11 is 6.03. The summed E-state index contributed by atoms with van der Waals surface area (Å²) in [7, 11) is -3.69. The van der Waals surface area contributed by atoms with Gasteiger partial charge >= 0.3 is 6.09 Å². The molecular formula is C25H32ClN5O5S. The summed E-state index contributed by atoms with van der Waals surface area (Å²) in [5, 5.41) is 9.99. The first-order valence-corrected chi connectivity index (χ1v) is 14.2. The van der Waals surface area contributed by atoms with Gasteiger partial charge in [0.1, 0.15) is 0 Å². The molecule has 2 amide bonds. The van der Waals surface area contributed by atoms with Crippen molar-refractivity contribution in [2.45, 2.75) is 43.5 Å². The highest BCUT2D eigenvalue weighted by Gasteiger charge is 2.37. The Bertz CT molecular complexity index is 1290. The lowest BCUT2D eigenvalue weighted by Crippen LogP contribution is -2.53. The maximum absolute atomic E-state index is 13.3. The van der Waals surface area contributed by atoms with Crippen LogP contribution in [0.2, 0.25) is 5.02 Å². The normalized spacial score (nSPS) is 21.0. The van der Waals surface area contributed by atoms with E-state index in [0.717, 1.165) is 15.7 Å². The molecule has 0 aromatic heterocycles. The van der Waals surface area contributed by atoms with E-state index in [1.807, 2.05) is 0 Å². The molecule has 0 unspecified atom stereocenters. The Morgan fingerprint density at radius 1 is 1.05 bits per heavy atom. The number of nitrogens with two attached hydrogens (primary N) is 1. The third kappa shape index (κ3) is 5.83. The largest absolute Gasteiger partial charge is 0.449 e. The van der Waals surface area contributed by atoms with Gasteiger partial charge in [-0.1, -0.05) is 23.7 Å². The molecule has 4 rings (SSSR count). The first-order valence-electron chi connectivity index (χ1n) is 12.4. The summed E-state index contributed by atoms with van der Waals surface area (Å²) < 4.78 is 33.0. The van der Waals surface area contributed by atoms with Gasteiger partial charge in [-0.05, 0) is 67.6 Å². The van der Waals surface area contributed by atoms with Gasteiger partial charge in [-0.15, -0.1) is 0 Å². The van der Waals surface area contributed by atoms with Crippen molar-refractivity contribution in [3.63, 3.8) is 0 Å². The number of nitrogens with one attached hydrogen (secondary N) is 1. The van der Waals surface area contributed by atoms with Crippen molar-refractivity contribution in [3.05, 3.63) is 41.4 Å². The summed E-state index contributed by atoms with van der Waals surface area (Å²) in [5.74, 6) is -0.563. The Morgan fingerprint density at radius 2 is 1.68 bits per heavy atom. The number of carbonyl (C=O) groups is 2. The molecule has 1 heterocycles. The van der Waals surface area contributed by atoms with E-state index in [-0.39, 0.29) is 48.4 Å². The van der Waals surface area contributed by atoms with Gasteiger partial charge in [-0.25, -0.2) is 18.1 Å². The zero-order chi connectivity index (χ0) is 26.7. The van der Waals surface area contributed by atoms with Gasteiger partial charge in [0.15, 0.2) is 5.96 Å². The highest BCUT2D eigenvalue weighted by Crippen LogP contribution is 2.30. The minimum absolute atomic E-state index is 0.00333. The molecule has 2 aromatic rings. The Morgan fingerprint density at radius 3 is 2.30 bits per heavy atom. The average Bonchev–Trinajstić information content (AvgIpc) is 2.88. The fourth-order valence-corrected chi connectivity index (χ4v) is 6.77. The fourth-order valence-electron chi connectivity index (χ4n) is 5.13. The molecule has 2 aliphatic rings. The second-order valence-corrected chi connectivity index (χ2v) is 11.7. The van der Waals surface area contributed by atoms with Crippen molar-refractivity contribution in [1.82, 2.24) is 14.1 Å². The number of nitrogens with zero attached hydrogens (tertiary/aromatic N) is 3. The van der Waals surface area contributed by atoms with Gasteiger partial charge in [0, 0.05) is 43.2 Å². The number of hydrogen-bond donors (Lipinski definition) is 2. The van der Waals surface area contributed by atoms with Crippen molar-refractivity contribution >= 4 is 50.4 Å². The van der Waals surface area contributed by atoms with Crippen molar-refractivity contribution in [1.29, 1.82) is 5.41 Å². The van der Waals surface area contributed by atoms with Crippen LogP contribution in [-0.4, -0.2) is 79.3 Å². The van der Waals surface area contributed by atoms with Gasteiger partial charge in [0.2, 0.25) is 15.9 Å². The van der Waals surface area contributed by atoms with Crippen LogP contribution in [0.3, 0.4) is 0 Å². The minimum Gasteiger partial charge on any atom is -0.449 e. The number of fused-ring (bicyclic) bond motifs is 1. The Kier molecular flexibility index (Phi) is 8.25. The van der Waals surface area contributed by atoms with Crippen LogP contribution in [0.25, 0.3) is 10.8 Å².